The number of hydrogen-bond acceptors (Lipinski definition) is 3. The van der Waals surface area contributed by atoms with Crippen molar-refractivity contribution in [1.29, 1.82) is 0 Å². The van der Waals surface area contributed by atoms with Crippen molar-refractivity contribution in [2.24, 2.45) is 22.7 Å². The van der Waals surface area contributed by atoms with Crippen LogP contribution >= 0.6 is 0 Å². The smallest absolute Gasteiger partial charge is 0.333 e. The van der Waals surface area contributed by atoms with E-state index in [1.54, 1.807) is 6.08 Å². The molecule has 2 aliphatic carbocycles. The highest BCUT2D eigenvalue weighted by Gasteiger charge is 2.59. The van der Waals surface area contributed by atoms with E-state index in [0.29, 0.717) is 23.8 Å². The van der Waals surface area contributed by atoms with Crippen molar-refractivity contribution in [3.05, 3.63) is 36.0 Å². The van der Waals surface area contributed by atoms with Crippen molar-refractivity contribution in [3.63, 3.8) is 0 Å². The summed E-state index contributed by atoms with van der Waals surface area (Å²) >= 11 is 0. The Bertz CT molecular complexity index is 671. The normalized spacial score (nSPS) is 38.1. The predicted octanol–water partition coefficient (Wildman–Crippen LogP) is 5.99. The molecule has 1 saturated carbocycles. The Morgan fingerprint density at radius 2 is 2.11 bits per heavy atom. The molecule has 0 aromatic heterocycles. The molecule has 0 radical (unpaired) electrons. The maximum absolute atomic E-state index is 12.6. The molecule has 1 fully saturated rings. The molecule has 2 rings (SSSR count). The summed E-state index contributed by atoms with van der Waals surface area (Å²) in [5.41, 5.74) is 1.08. The highest BCUT2D eigenvalue weighted by molar-refractivity contribution is 5.87. The summed E-state index contributed by atoms with van der Waals surface area (Å²) in [6.45, 7) is 18.5. The van der Waals surface area contributed by atoms with Gasteiger partial charge in [0.25, 0.3) is 0 Å². The summed E-state index contributed by atoms with van der Waals surface area (Å²) in [4.78, 5) is 12.6. The van der Waals surface area contributed by atoms with Crippen LogP contribution in [0.1, 0.15) is 80.6 Å². The van der Waals surface area contributed by atoms with E-state index in [0.717, 1.165) is 25.7 Å². The number of aliphatic hydroxyl groups is 1. The van der Waals surface area contributed by atoms with Crippen LogP contribution in [0.2, 0.25) is 0 Å². The molecule has 0 spiro atoms. The molecule has 158 valence electrons. The van der Waals surface area contributed by atoms with Gasteiger partial charge in [-0.3, -0.25) is 0 Å². The molecule has 6 atom stereocenters. The first kappa shape index (κ1) is 22.9. The minimum Gasteiger partial charge on any atom is -0.458 e. The van der Waals surface area contributed by atoms with Crippen LogP contribution < -0.4 is 0 Å². The van der Waals surface area contributed by atoms with Crippen molar-refractivity contribution in [1.82, 2.24) is 0 Å². The van der Waals surface area contributed by atoms with E-state index in [1.807, 2.05) is 26.8 Å². The van der Waals surface area contributed by atoms with Gasteiger partial charge >= 0.3 is 5.97 Å². The molecule has 0 aromatic rings. The number of carbonyl (C=O) groups is 1. The summed E-state index contributed by atoms with van der Waals surface area (Å²) in [5, 5.41) is 10.5. The highest BCUT2D eigenvalue weighted by atomic mass is 16.5. The fourth-order valence-electron chi connectivity index (χ4n) is 5.49. The van der Waals surface area contributed by atoms with Crippen molar-refractivity contribution < 1.29 is 14.6 Å². The summed E-state index contributed by atoms with van der Waals surface area (Å²) in [6, 6.07) is 0. The monoisotopic (exact) mass is 388 g/mol. The summed E-state index contributed by atoms with van der Waals surface area (Å²) in [7, 11) is 0. The van der Waals surface area contributed by atoms with E-state index in [-0.39, 0.29) is 22.9 Å². The van der Waals surface area contributed by atoms with Gasteiger partial charge in [-0.2, -0.15) is 0 Å². The van der Waals surface area contributed by atoms with Gasteiger partial charge in [0.1, 0.15) is 6.10 Å². The first-order valence-corrected chi connectivity index (χ1v) is 10.8. The largest absolute Gasteiger partial charge is 0.458 e. The van der Waals surface area contributed by atoms with Crippen LogP contribution in [0.25, 0.3) is 0 Å². The Kier molecular flexibility index (Phi) is 6.70. The zero-order chi connectivity index (χ0) is 21.3. The second kappa shape index (κ2) is 8.18. The Balaban J connectivity index is 2.39. The second-order valence-corrected chi connectivity index (χ2v) is 9.87. The quantitative estimate of drug-likeness (QED) is 0.345. The number of carbonyl (C=O) groups excluding carboxylic acids is 1. The zero-order valence-corrected chi connectivity index (χ0v) is 19.0. The lowest BCUT2D eigenvalue weighted by molar-refractivity contribution is -0.173. The predicted molar refractivity (Wildman–Crippen MR) is 116 cm³/mol. The van der Waals surface area contributed by atoms with Gasteiger partial charge in [-0.15, -0.1) is 6.58 Å². The lowest BCUT2D eigenvalue weighted by atomic mass is 9.45. The molecule has 0 amide bonds. The van der Waals surface area contributed by atoms with Crippen LogP contribution in [0.3, 0.4) is 0 Å². The molecule has 0 saturated heterocycles. The van der Waals surface area contributed by atoms with E-state index in [2.05, 4.69) is 40.3 Å². The first-order chi connectivity index (χ1) is 12.9. The van der Waals surface area contributed by atoms with Crippen molar-refractivity contribution in [3.8, 4) is 0 Å². The fraction of sp³-hybridized carbons (Fsp3) is 0.720. The van der Waals surface area contributed by atoms with Crippen LogP contribution in [0.5, 0.6) is 0 Å². The Labute approximate surface area is 171 Å². The lowest BCUT2D eigenvalue weighted by Crippen LogP contribution is -2.57. The second-order valence-electron chi connectivity index (χ2n) is 9.87. The number of esters is 1. The molecule has 0 aliphatic heterocycles. The number of fused-ring (bicyclic) bond motifs is 1. The first-order valence-electron chi connectivity index (χ1n) is 10.8. The van der Waals surface area contributed by atoms with E-state index in [1.165, 1.54) is 5.57 Å². The number of ether oxygens (including phenoxy) is 1. The fourth-order valence-corrected chi connectivity index (χ4v) is 5.49. The van der Waals surface area contributed by atoms with Crippen LogP contribution in [0, 0.1) is 22.7 Å². The molecule has 3 nitrogen and oxygen atoms in total. The minimum absolute atomic E-state index is 0.0792. The van der Waals surface area contributed by atoms with Gasteiger partial charge in [0, 0.05) is 11.0 Å². The summed E-state index contributed by atoms with van der Waals surface area (Å²) < 4.78 is 6.10. The van der Waals surface area contributed by atoms with Gasteiger partial charge in [-0.25, -0.2) is 4.79 Å². The van der Waals surface area contributed by atoms with Gasteiger partial charge in [0.05, 0.1) is 5.60 Å². The maximum Gasteiger partial charge on any atom is 0.333 e. The van der Waals surface area contributed by atoms with Crippen LogP contribution in [0.4, 0.5) is 0 Å². The van der Waals surface area contributed by atoms with E-state index in [4.69, 9.17) is 4.74 Å². The molecule has 0 bridgehead atoms. The molecule has 2 aliphatic rings. The Morgan fingerprint density at radius 3 is 2.68 bits per heavy atom. The van der Waals surface area contributed by atoms with Crippen LogP contribution in [-0.4, -0.2) is 22.8 Å². The van der Waals surface area contributed by atoms with Crippen LogP contribution in [-0.2, 0) is 9.53 Å². The van der Waals surface area contributed by atoms with Crippen molar-refractivity contribution >= 4 is 5.97 Å². The topological polar surface area (TPSA) is 46.5 Å². The third-order valence-corrected chi connectivity index (χ3v) is 8.25. The summed E-state index contributed by atoms with van der Waals surface area (Å²) in [6.07, 6.45) is 10.4. The number of rotatable bonds is 6. The average molecular weight is 389 g/mol. The van der Waals surface area contributed by atoms with Crippen molar-refractivity contribution in [2.75, 3.05) is 0 Å². The maximum atomic E-state index is 12.6. The van der Waals surface area contributed by atoms with Gasteiger partial charge in [-0.05, 0) is 77.0 Å². The lowest BCUT2D eigenvalue weighted by Gasteiger charge is -2.60. The highest BCUT2D eigenvalue weighted by Crippen LogP contribution is 2.62. The number of hydrogen-bond donors (Lipinski definition) is 1. The Hall–Kier alpha value is -1.35. The standard InChI is InChI=1S/C25H40O3/c1-9-17(3)22(26)28-21-16-19(5)24(7,15-14-23(6,27)10-2)20-13-11-12-18(4)25(20,21)8/h9-10,12,19-21,27H,2,11,13-16H2,1,3-8H3. The van der Waals surface area contributed by atoms with Gasteiger partial charge in [0.2, 0.25) is 0 Å². The van der Waals surface area contributed by atoms with E-state index >= 15 is 0 Å². The number of allylic oxidation sites excluding steroid dienone is 2. The molecule has 0 aromatic carbocycles. The van der Waals surface area contributed by atoms with E-state index in [9.17, 15) is 9.90 Å². The molecule has 3 heteroatoms. The third-order valence-electron chi connectivity index (χ3n) is 8.25. The van der Waals surface area contributed by atoms with Crippen molar-refractivity contribution in [2.45, 2.75) is 92.3 Å². The van der Waals surface area contributed by atoms with E-state index < -0.39 is 5.60 Å². The zero-order valence-electron chi connectivity index (χ0n) is 19.0. The van der Waals surface area contributed by atoms with Gasteiger partial charge in [0.15, 0.2) is 0 Å². The molecular weight excluding hydrogens is 348 g/mol. The van der Waals surface area contributed by atoms with Gasteiger partial charge in [-0.1, -0.05) is 44.6 Å². The molecule has 1 N–H and O–H groups in total. The minimum atomic E-state index is -0.842. The molecule has 6 unspecified atom stereocenters. The SMILES string of the molecule is C=CC(C)(O)CCC1(C)C(C)CC(OC(=O)C(C)=CC)C2(C)C(C)=CCCC12. The average Bonchev–Trinajstić information content (AvgIpc) is 2.65. The molecule has 0 heterocycles. The van der Waals surface area contributed by atoms with Crippen LogP contribution in [0.15, 0.2) is 36.0 Å². The summed E-state index contributed by atoms with van der Waals surface area (Å²) in [5.74, 6) is 0.620. The molecule has 28 heavy (non-hydrogen) atoms. The molecular formula is C25H40O3. The Morgan fingerprint density at radius 1 is 1.46 bits per heavy atom. The van der Waals surface area contributed by atoms with Gasteiger partial charge < -0.3 is 9.84 Å². The third kappa shape index (κ3) is 4.01.